The molecule has 13 heteroatoms. The van der Waals surface area contributed by atoms with Crippen molar-refractivity contribution in [3.8, 4) is 5.95 Å². The molecule has 13 nitrogen and oxygen atoms in total. The number of aliphatic hydroxyl groups excluding tert-OH is 3. The summed E-state index contributed by atoms with van der Waals surface area (Å²) in [6.45, 7) is -0.438. The number of aliphatic hydroxyl groups is 3. The number of imidazole rings is 1. The van der Waals surface area contributed by atoms with Gasteiger partial charge in [0.05, 0.1) is 25.6 Å². The van der Waals surface area contributed by atoms with E-state index in [1.807, 2.05) is 0 Å². The monoisotopic (exact) mass is 472 g/mol. The molecule has 34 heavy (non-hydrogen) atoms. The van der Waals surface area contributed by atoms with E-state index in [4.69, 9.17) is 10.5 Å². The van der Waals surface area contributed by atoms with Crippen molar-refractivity contribution in [3.63, 3.8) is 0 Å². The first-order chi connectivity index (χ1) is 16.4. The molecule has 2 fully saturated rings. The van der Waals surface area contributed by atoms with Crippen LogP contribution in [0.5, 0.6) is 0 Å². The summed E-state index contributed by atoms with van der Waals surface area (Å²) in [5.41, 5.74) is 6.76. The predicted octanol–water partition coefficient (Wildman–Crippen LogP) is -0.604. The number of nitrogens with one attached hydrogen (secondary N) is 1. The van der Waals surface area contributed by atoms with Crippen LogP contribution in [0.4, 0.5) is 5.82 Å². The summed E-state index contributed by atoms with van der Waals surface area (Å²) in [6, 6.07) is 0.238. The smallest absolute Gasteiger partial charge is 0.254 e. The van der Waals surface area contributed by atoms with E-state index >= 15 is 0 Å². The molecule has 4 unspecified atom stereocenters. The Balaban J connectivity index is 1.57. The molecule has 0 bridgehead atoms. The number of carbonyl (C=O) groups excluding carboxylic acids is 1. The zero-order valence-electron chi connectivity index (χ0n) is 18.5. The summed E-state index contributed by atoms with van der Waals surface area (Å²) in [6.07, 6.45) is 5.70. The van der Waals surface area contributed by atoms with E-state index in [-0.39, 0.29) is 18.4 Å². The lowest BCUT2D eigenvalue weighted by Gasteiger charge is -2.23. The van der Waals surface area contributed by atoms with Crippen molar-refractivity contribution in [1.82, 2.24) is 29.3 Å². The number of rotatable bonds is 7. The van der Waals surface area contributed by atoms with Gasteiger partial charge in [-0.05, 0) is 18.4 Å². The third-order valence-electron chi connectivity index (χ3n) is 6.37. The molecule has 1 aliphatic carbocycles. The average molecular weight is 473 g/mol. The number of nitrogens with two attached hydrogens (primary N) is 1. The number of hydrogen-bond donors (Lipinski definition) is 5. The lowest BCUT2D eigenvalue weighted by Crippen LogP contribution is -2.33. The number of anilines is 1. The van der Waals surface area contributed by atoms with Crippen molar-refractivity contribution in [2.24, 2.45) is 5.73 Å². The van der Waals surface area contributed by atoms with Crippen molar-refractivity contribution < 1.29 is 24.9 Å². The first-order valence-electron chi connectivity index (χ1n) is 11.4. The van der Waals surface area contributed by atoms with Crippen molar-refractivity contribution in [2.75, 3.05) is 11.9 Å². The predicted molar refractivity (Wildman–Crippen MR) is 119 cm³/mol. The summed E-state index contributed by atoms with van der Waals surface area (Å²) in [7, 11) is 0. The van der Waals surface area contributed by atoms with E-state index in [9.17, 15) is 20.1 Å². The maximum absolute atomic E-state index is 11.3. The molecule has 0 spiro atoms. The Hall–Kier alpha value is -3.13. The summed E-state index contributed by atoms with van der Waals surface area (Å²) in [5, 5.41) is 38.0. The lowest BCUT2D eigenvalue weighted by atomic mass is 9.95. The van der Waals surface area contributed by atoms with E-state index in [1.54, 1.807) is 6.20 Å². The highest BCUT2D eigenvalue weighted by Gasteiger charge is 2.44. The van der Waals surface area contributed by atoms with E-state index in [0.717, 1.165) is 25.7 Å². The summed E-state index contributed by atoms with van der Waals surface area (Å²) in [5.74, 6) is 0.275. The van der Waals surface area contributed by atoms with Crippen LogP contribution in [0.1, 0.15) is 43.9 Å². The Morgan fingerprint density at radius 3 is 2.71 bits per heavy atom. The molecule has 2 aliphatic rings. The van der Waals surface area contributed by atoms with Gasteiger partial charge in [-0.25, -0.2) is 9.67 Å². The molecule has 1 saturated carbocycles. The van der Waals surface area contributed by atoms with Gasteiger partial charge in [-0.3, -0.25) is 9.36 Å². The van der Waals surface area contributed by atoms with Crippen LogP contribution in [0.15, 0.2) is 18.7 Å². The van der Waals surface area contributed by atoms with Gasteiger partial charge >= 0.3 is 0 Å². The van der Waals surface area contributed by atoms with Crippen LogP contribution in [-0.4, -0.2) is 81.5 Å². The summed E-state index contributed by atoms with van der Waals surface area (Å²) in [4.78, 5) is 25.0. The van der Waals surface area contributed by atoms with E-state index in [1.165, 1.54) is 28.2 Å². The number of ether oxygens (including phenoxy) is 1. The minimum atomic E-state index is -1.28. The van der Waals surface area contributed by atoms with Gasteiger partial charge in [-0.1, -0.05) is 19.3 Å². The number of fused-ring (bicyclic) bond motifs is 1. The van der Waals surface area contributed by atoms with Crippen LogP contribution >= 0.6 is 0 Å². The average Bonchev–Trinajstić information content (AvgIpc) is 3.53. The molecule has 0 radical (unpaired) electrons. The number of amides is 1. The van der Waals surface area contributed by atoms with Gasteiger partial charge in [-0.15, -0.1) is 0 Å². The van der Waals surface area contributed by atoms with Gasteiger partial charge in [0.2, 0.25) is 5.91 Å². The third kappa shape index (κ3) is 4.22. The molecule has 4 heterocycles. The fraction of sp³-hybridized carbons (Fsp3) is 0.571. The van der Waals surface area contributed by atoms with Gasteiger partial charge in [0.1, 0.15) is 18.3 Å². The third-order valence-corrected chi connectivity index (χ3v) is 6.37. The van der Waals surface area contributed by atoms with Gasteiger partial charge in [-0.2, -0.15) is 15.1 Å². The van der Waals surface area contributed by atoms with Crippen LogP contribution in [0, 0.1) is 0 Å². The van der Waals surface area contributed by atoms with Crippen LogP contribution < -0.4 is 11.1 Å². The quantitative estimate of drug-likeness (QED) is 0.297. The molecular formula is C21H28N8O5. The van der Waals surface area contributed by atoms with Crippen LogP contribution in [0.2, 0.25) is 0 Å². The normalized spacial score (nSPS) is 25.7. The first-order valence-corrected chi connectivity index (χ1v) is 11.4. The Morgan fingerprint density at radius 2 is 2.00 bits per heavy atom. The maximum Gasteiger partial charge on any atom is 0.254 e. The number of hydrogen-bond acceptors (Lipinski definition) is 10. The first kappa shape index (κ1) is 22.7. The molecule has 5 rings (SSSR count). The van der Waals surface area contributed by atoms with E-state index in [0.29, 0.717) is 22.5 Å². The summed E-state index contributed by atoms with van der Waals surface area (Å²) < 4.78 is 8.65. The molecule has 1 saturated heterocycles. The number of nitrogens with zero attached hydrogens (tertiary/aromatic N) is 6. The van der Waals surface area contributed by atoms with Crippen molar-refractivity contribution in [2.45, 2.75) is 69.1 Å². The minimum absolute atomic E-state index is 0.0376. The molecule has 0 aromatic carbocycles. The molecular weight excluding hydrogens is 444 g/mol. The van der Waals surface area contributed by atoms with Crippen molar-refractivity contribution in [1.29, 1.82) is 0 Å². The van der Waals surface area contributed by atoms with Crippen LogP contribution in [0.25, 0.3) is 17.1 Å². The van der Waals surface area contributed by atoms with Crippen molar-refractivity contribution in [3.05, 3.63) is 24.3 Å². The topological polar surface area (TPSA) is 186 Å². The highest BCUT2D eigenvalue weighted by molar-refractivity contribution is 5.84. The molecule has 182 valence electrons. The van der Waals surface area contributed by atoms with Crippen LogP contribution in [-0.2, 0) is 16.0 Å². The van der Waals surface area contributed by atoms with Gasteiger partial charge < -0.3 is 31.1 Å². The Morgan fingerprint density at radius 1 is 1.21 bits per heavy atom. The molecule has 1 amide bonds. The van der Waals surface area contributed by atoms with Gasteiger partial charge in [0, 0.05) is 12.2 Å². The van der Waals surface area contributed by atoms with Gasteiger partial charge in [0.15, 0.2) is 23.2 Å². The Kier molecular flexibility index (Phi) is 6.16. The Bertz CT molecular complexity index is 1170. The van der Waals surface area contributed by atoms with E-state index in [2.05, 4.69) is 25.4 Å². The molecule has 4 atom stereocenters. The number of aromatic nitrogens is 6. The second-order valence-corrected chi connectivity index (χ2v) is 8.84. The van der Waals surface area contributed by atoms with Crippen LogP contribution in [0.3, 0.4) is 0 Å². The minimum Gasteiger partial charge on any atom is -0.394 e. The highest BCUT2D eigenvalue weighted by Crippen LogP contribution is 2.33. The second kappa shape index (κ2) is 9.25. The fourth-order valence-electron chi connectivity index (χ4n) is 4.61. The second-order valence-electron chi connectivity index (χ2n) is 8.84. The van der Waals surface area contributed by atoms with Crippen molar-refractivity contribution >= 4 is 22.9 Å². The zero-order chi connectivity index (χ0) is 23.8. The maximum atomic E-state index is 11.3. The molecule has 1 aliphatic heterocycles. The fourth-order valence-corrected chi connectivity index (χ4v) is 4.61. The number of carbonyl (C=O) groups is 1. The Labute approximate surface area is 194 Å². The van der Waals surface area contributed by atoms with E-state index < -0.39 is 37.1 Å². The molecule has 3 aromatic heterocycles. The number of primary amides is 1. The summed E-state index contributed by atoms with van der Waals surface area (Å²) >= 11 is 0. The zero-order valence-corrected chi connectivity index (χ0v) is 18.5. The molecule has 6 N–H and O–H groups in total. The SMILES string of the molecule is NC(=O)Cc1cnn(-c2nc(NC3CCCCC3)c3ncn(C4OC(CO)C(O)C4O)c3n2)c1. The standard InChI is InChI=1S/C21H28N8O5/c22-14(31)6-11-7-24-29(8-11)21-26-18(25-12-4-2-1-3-5-12)15-19(27-21)28(10-23-15)20-17(33)16(32)13(9-30)34-20/h7-8,10,12-13,16-17,20,30,32-33H,1-6,9H2,(H2,22,31)(H,25,26,27). The largest absolute Gasteiger partial charge is 0.394 e. The molecule has 3 aromatic rings. The lowest BCUT2D eigenvalue weighted by molar-refractivity contribution is -0.117. The highest BCUT2D eigenvalue weighted by atomic mass is 16.6. The van der Waals surface area contributed by atoms with Gasteiger partial charge in [0.25, 0.3) is 5.95 Å².